The van der Waals surface area contributed by atoms with E-state index in [1.165, 1.54) is 35.6 Å². The van der Waals surface area contributed by atoms with Crippen LogP contribution in [-0.4, -0.2) is 27.6 Å². The van der Waals surface area contributed by atoms with Gasteiger partial charge < -0.3 is 4.74 Å². The van der Waals surface area contributed by atoms with Crippen LogP contribution in [0.25, 0.3) is 0 Å². The number of aromatic nitrogens is 2. The van der Waals surface area contributed by atoms with Gasteiger partial charge in [0.1, 0.15) is 10.8 Å². The van der Waals surface area contributed by atoms with Crippen molar-refractivity contribution in [1.29, 1.82) is 0 Å². The predicted molar refractivity (Wildman–Crippen MR) is 85.7 cm³/mol. The smallest absolute Gasteiger partial charge is 0.269 e. The van der Waals surface area contributed by atoms with E-state index in [0.717, 1.165) is 11.4 Å². The van der Waals surface area contributed by atoms with Gasteiger partial charge in [-0.3, -0.25) is 20.2 Å². The van der Waals surface area contributed by atoms with Gasteiger partial charge in [0.2, 0.25) is 5.13 Å². The summed E-state index contributed by atoms with van der Waals surface area (Å²) in [4.78, 5) is 21.8. The Morgan fingerprint density at radius 2 is 2.04 bits per heavy atom. The zero-order chi connectivity index (χ0) is 16.8. The van der Waals surface area contributed by atoms with Gasteiger partial charge in [0, 0.05) is 18.6 Å². The third-order valence-electron chi connectivity index (χ3n) is 2.71. The number of benzene rings is 1. The second-order valence-electron chi connectivity index (χ2n) is 5.19. The van der Waals surface area contributed by atoms with Crippen LogP contribution >= 0.6 is 11.3 Å². The highest BCUT2D eigenvalue weighted by Gasteiger charge is 2.10. The minimum atomic E-state index is -0.499. The van der Waals surface area contributed by atoms with Crippen molar-refractivity contribution in [2.75, 3.05) is 11.9 Å². The SMILES string of the molecule is CC(C)Cc1nnc(NC(=O)COc2ccc([N+](=O)[O-])cc2)s1. The Balaban J connectivity index is 1.82. The molecule has 0 atom stereocenters. The van der Waals surface area contributed by atoms with E-state index < -0.39 is 4.92 Å². The van der Waals surface area contributed by atoms with Crippen LogP contribution in [-0.2, 0) is 11.2 Å². The molecule has 8 nitrogen and oxygen atoms in total. The fourth-order valence-corrected chi connectivity index (χ4v) is 2.67. The Labute approximate surface area is 136 Å². The van der Waals surface area contributed by atoms with Crippen LogP contribution in [0, 0.1) is 16.0 Å². The maximum Gasteiger partial charge on any atom is 0.269 e. The lowest BCUT2D eigenvalue weighted by Crippen LogP contribution is -2.20. The number of nitrogens with zero attached hydrogens (tertiary/aromatic N) is 3. The monoisotopic (exact) mass is 336 g/mol. The molecule has 1 N–H and O–H groups in total. The van der Waals surface area contributed by atoms with Crippen LogP contribution in [0.1, 0.15) is 18.9 Å². The number of nitro groups is 1. The van der Waals surface area contributed by atoms with Crippen molar-refractivity contribution in [2.45, 2.75) is 20.3 Å². The van der Waals surface area contributed by atoms with Crippen molar-refractivity contribution in [3.8, 4) is 5.75 Å². The number of amides is 1. The molecule has 9 heteroatoms. The highest BCUT2D eigenvalue weighted by molar-refractivity contribution is 7.15. The molecule has 0 saturated heterocycles. The lowest BCUT2D eigenvalue weighted by Gasteiger charge is -2.05. The van der Waals surface area contributed by atoms with Crippen LogP contribution < -0.4 is 10.1 Å². The molecule has 1 aromatic carbocycles. The molecule has 1 aromatic heterocycles. The summed E-state index contributed by atoms with van der Waals surface area (Å²) in [5, 5.41) is 22.3. The molecule has 2 rings (SSSR count). The molecular formula is C14H16N4O4S. The van der Waals surface area contributed by atoms with E-state index in [1.807, 2.05) is 0 Å². The summed E-state index contributed by atoms with van der Waals surface area (Å²) in [7, 11) is 0. The number of ether oxygens (including phenoxy) is 1. The van der Waals surface area contributed by atoms with Gasteiger partial charge in [-0.25, -0.2) is 0 Å². The van der Waals surface area contributed by atoms with E-state index in [4.69, 9.17) is 4.74 Å². The molecule has 0 aliphatic rings. The number of rotatable bonds is 7. The Morgan fingerprint density at radius 1 is 1.35 bits per heavy atom. The molecular weight excluding hydrogens is 320 g/mol. The number of hydrogen-bond donors (Lipinski definition) is 1. The largest absolute Gasteiger partial charge is 0.484 e. The van der Waals surface area contributed by atoms with Gasteiger partial charge in [0.05, 0.1) is 4.92 Å². The average molecular weight is 336 g/mol. The number of carbonyl (C=O) groups is 1. The Morgan fingerprint density at radius 3 is 2.65 bits per heavy atom. The van der Waals surface area contributed by atoms with Crippen molar-refractivity contribution in [3.05, 3.63) is 39.4 Å². The summed E-state index contributed by atoms with van der Waals surface area (Å²) >= 11 is 1.33. The minimum Gasteiger partial charge on any atom is -0.484 e. The third kappa shape index (κ3) is 5.29. The molecule has 0 radical (unpaired) electrons. The summed E-state index contributed by atoms with van der Waals surface area (Å²) in [6.45, 7) is 3.95. The first-order valence-electron chi connectivity index (χ1n) is 6.93. The normalized spacial score (nSPS) is 10.6. The number of anilines is 1. The number of nitrogens with one attached hydrogen (secondary N) is 1. The van der Waals surface area contributed by atoms with E-state index >= 15 is 0 Å². The van der Waals surface area contributed by atoms with Crippen LogP contribution in [0.15, 0.2) is 24.3 Å². The fourth-order valence-electron chi connectivity index (χ4n) is 1.70. The standard InChI is InChI=1S/C14H16N4O4S/c1-9(2)7-13-16-17-14(23-13)15-12(19)8-22-11-5-3-10(4-6-11)18(20)21/h3-6,9H,7-8H2,1-2H3,(H,15,17,19). The van der Waals surface area contributed by atoms with E-state index in [2.05, 4.69) is 29.4 Å². The van der Waals surface area contributed by atoms with Gasteiger partial charge in [-0.15, -0.1) is 10.2 Å². The lowest BCUT2D eigenvalue weighted by atomic mass is 10.1. The maximum absolute atomic E-state index is 11.8. The van der Waals surface area contributed by atoms with Crippen molar-refractivity contribution in [2.24, 2.45) is 5.92 Å². The van der Waals surface area contributed by atoms with E-state index in [0.29, 0.717) is 16.8 Å². The van der Waals surface area contributed by atoms with Crippen molar-refractivity contribution < 1.29 is 14.5 Å². The van der Waals surface area contributed by atoms with Crippen LogP contribution in [0.4, 0.5) is 10.8 Å². The van der Waals surface area contributed by atoms with Crippen molar-refractivity contribution in [3.63, 3.8) is 0 Å². The fraction of sp³-hybridized carbons (Fsp3) is 0.357. The first-order valence-corrected chi connectivity index (χ1v) is 7.75. The lowest BCUT2D eigenvalue weighted by molar-refractivity contribution is -0.384. The summed E-state index contributed by atoms with van der Waals surface area (Å²) in [5.74, 6) is 0.482. The van der Waals surface area contributed by atoms with Gasteiger partial charge in [-0.05, 0) is 18.1 Å². The Hall–Kier alpha value is -2.55. The van der Waals surface area contributed by atoms with Crippen LogP contribution in [0.2, 0.25) is 0 Å². The second-order valence-corrected chi connectivity index (χ2v) is 6.25. The number of non-ortho nitro benzene ring substituents is 1. The molecule has 0 aliphatic carbocycles. The van der Waals surface area contributed by atoms with Crippen molar-refractivity contribution in [1.82, 2.24) is 10.2 Å². The molecule has 122 valence electrons. The molecule has 0 bridgehead atoms. The summed E-state index contributed by atoms with van der Waals surface area (Å²) < 4.78 is 5.27. The zero-order valence-electron chi connectivity index (χ0n) is 12.7. The van der Waals surface area contributed by atoms with Gasteiger partial charge >= 0.3 is 0 Å². The van der Waals surface area contributed by atoms with Gasteiger partial charge in [-0.1, -0.05) is 25.2 Å². The number of hydrogen-bond acceptors (Lipinski definition) is 7. The third-order valence-corrected chi connectivity index (χ3v) is 3.57. The molecule has 0 fully saturated rings. The highest BCUT2D eigenvalue weighted by atomic mass is 32.1. The average Bonchev–Trinajstić information content (AvgIpc) is 2.91. The molecule has 0 spiro atoms. The molecule has 1 heterocycles. The molecule has 23 heavy (non-hydrogen) atoms. The number of carbonyl (C=O) groups excluding carboxylic acids is 1. The predicted octanol–water partition coefficient (Wildman–Crippen LogP) is 2.66. The number of nitro benzene ring substituents is 1. The molecule has 0 aliphatic heterocycles. The highest BCUT2D eigenvalue weighted by Crippen LogP contribution is 2.19. The van der Waals surface area contributed by atoms with Gasteiger partial charge in [0.25, 0.3) is 11.6 Å². The van der Waals surface area contributed by atoms with Crippen LogP contribution in [0.3, 0.4) is 0 Å². The quantitative estimate of drug-likeness (QED) is 0.615. The maximum atomic E-state index is 11.8. The topological polar surface area (TPSA) is 107 Å². The molecule has 0 saturated carbocycles. The van der Waals surface area contributed by atoms with Gasteiger partial charge in [0.15, 0.2) is 6.61 Å². The first-order chi connectivity index (χ1) is 10.9. The summed E-state index contributed by atoms with van der Waals surface area (Å²) in [5.41, 5.74) is -0.0339. The summed E-state index contributed by atoms with van der Waals surface area (Å²) in [6.07, 6.45) is 0.812. The molecule has 1 amide bonds. The van der Waals surface area contributed by atoms with E-state index in [9.17, 15) is 14.9 Å². The second kappa shape index (κ2) is 7.63. The molecule has 0 unspecified atom stereocenters. The zero-order valence-corrected chi connectivity index (χ0v) is 13.5. The Kier molecular flexibility index (Phi) is 5.58. The first kappa shape index (κ1) is 16.8. The van der Waals surface area contributed by atoms with Crippen molar-refractivity contribution >= 4 is 28.1 Å². The van der Waals surface area contributed by atoms with E-state index in [-0.39, 0.29) is 18.2 Å². The summed E-state index contributed by atoms with van der Waals surface area (Å²) in [6, 6.07) is 5.51. The molecule has 2 aromatic rings. The Bertz CT molecular complexity index is 684. The van der Waals surface area contributed by atoms with E-state index in [1.54, 1.807) is 0 Å². The van der Waals surface area contributed by atoms with Crippen LogP contribution in [0.5, 0.6) is 5.75 Å². The minimum absolute atomic E-state index is 0.0339. The van der Waals surface area contributed by atoms with Gasteiger partial charge in [-0.2, -0.15) is 0 Å².